The second kappa shape index (κ2) is 42.4. The largest absolute Gasteiger partial charge is 0.462 e. The summed E-state index contributed by atoms with van der Waals surface area (Å²) in [5.41, 5.74) is 0. The highest BCUT2D eigenvalue weighted by Crippen LogP contribution is 2.16. The zero-order chi connectivity index (χ0) is 40.3. The third-order valence-electron chi connectivity index (χ3n) is 9.81. The lowest BCUT2D eigenvalue weighted by molar-refractivity contribution is -0.150. The molecule has 0 rings (SSSR count). The number of unbranched alkanes of at least 4 members (excludes halogenated alkanes) is 15. The van der Waals surface area contributed by atoms with Crippen LogP contribution < -0.4 is 5.32 Å². The molecule has 0 aromatic carbocycles. The van der Waals surface area contributed by atoms with Crippen LogP contribution in [0.4, 0.5) is 0 Å². The molecule has 0 radical (unpaired) electrons. The average molecular weight is 768 g/mol. The Hall–Kier alpha value is -2.70. The Bertz CT molecular complexity index is 1040. The summed E-state index contributed by atoms with van der Waals surface area (Å²) >= 11 is 0. The SMILES string of the molecule is CC/C=C\C/C=C\C/C=C\C/C=C\C/C=C\C/C=C\CCC(=O)OC(CCCCCCCCCC)CC(=O)NC(CO)C(O)CCCCCCCCCCC. The first-order valence-electron chi connectivity index (χ1n) is 22.7. The van der Waals surface area contributed by atoms with E-state index in [1.807, 2.05) is 6.08 Å². The van der Waals surface area contributed by atoms with Gasteiger partial charge < -0.3 is 20.3 Å². The molecular formula is C49H85NO5. The first-order valence-corrected chi connectivity index (χ1v) is 22.7. The minimum Gasteiger partial charge on any atom is -0.462 e. The van der Waals surface area contributed by atoms with Crippen LogP contribution in [0.25, 0.3) is 0 Å². The first kappa shape index (κ1) is 52.3. The summed E-state index contributed by atoms with van der Waals surface area (Å²) in [6.07, 6.45) is 52.7. The van der Waals surface area contributed by atoms with E-state index in [1.54, 1.807) is 0 Å². The molecule has 0 saturated heterocycles. The zero-order valence-corrected chi connectivity index (χ0v) is 35.8. The molecule has 0 fully saturated rings. The Morgan fingerprint density at radius 1 is 0.545 bits per heavy atom. The van der Waals surface area contributed by atoms with Crippen LogP contribution in [0.15, 0.2) is 72.9 Å². The van der Waals surface area contributed by atoms with Crippen molar-refractivity contribution in [2.45, 2.75) is 219 Å². The van der Waals surface area contributed by atoms with Crippen molar-refractivity contribution in [3.63, 3.8) is 0 Å². The van der Waals surface area contributed by atoms with E-state index < -0.39 is 18.2 Å². The molecule has 6 heteroatoms. The summed E-state index contributed by atoms with van der Waals surface area (Å²) in [5.74, 6) is -0.583. The predicted molar refractivity (Wildman–Crippen MR) is 236 cm³/mol. The topological polar surface area (TPSA) is 95.9 Å². The van der Waals surface area contributed by atoms with Gasteiger partial charge >= 0.3 is 5.97 Å². The van der Waals surface area contributed by atoms with Crippen LogP contribution in [0.1, 0.15) is 201 Å². The smallest absolute Gasteiger partial charge is 0.306 e. The van der Waals surface area contributed by atoms with E-state index in [4.69, 9.17) is 4.74 Å². The summed E-state index contributed by atoms with van der Waals surface area (Å²) in [6, 6.07) is -0.714. The number of aliphatic hydroxyl groups excluding tert-OH is 2. The van der Waals surface area contributed by atoms with Crippen LogP contribution in [0, 0.1) is 0 Å². The molecule has 55 heavy (non-hydrogen) atoms. The number of carbonyl (C=O) groups excluding carboxylic acids is 2. The highest BCUT2D eigenvalue weighted by atomic mass is 16.5. The Labute approximate surface area is 339 Å². The summed E-state index contributed by atoms with van der Waals surface area (Å²) in [6.45, 7) is 6.29. The Morgan fingerprint density at radius 2 is 0.945 bits per heavy atom. The van der Waals surface area contributed by atoms with E-state index in [9.17, 15) is 19.8 Å². The number of rotatable bonds is 39. The summed E-state index contributed by atoms with van der Waals surface area (Å²) in [5, 5.41) is 23.5. The number of ether oxygens (including phenoxy) is 1. The monoisotopic (exact) mass is 768 g/mol. The van der Waals surface area contributed by atoms with Crippen molar-refractivity contribution in [3.05, 3.63) is 72.9 Å². The van der Waals surface area contributed by atoms with Gasteiger partial charge in [-0.3, -0.25) is 9.59 Å². The van der Waals surface area contributed by atoms with Gasteiger partial charge in [-0.05, 0) is 64.2 Å². The van der Waals surface area contributed by atoms with Crippen LogP contribution in [0.3, 0.4) is 0 Å². The molecule has 3 atom stereocenters. The molecule has 0 spiro atoms. The molecule has 0 aliphatic carbocycles. The van der Waals surface area contributed by atoms with E-state index in [2.05, 4.69) is 92.9 Å². The first-order chi connectivity index (χ1) is 27.0. The van der Waals surface area contributed by atoms with Gasteiger partial charge in [-0.25, -0.2) is 0 Å². The molecule has 0 bridgehead atoms. The maximum atomic E-state index is 13.1. The van der Waals surface area contributed by atoms with Crippen LogP contribution in [-0.4, -0.2) is 46.9 Å². The van der Waals surface area contributed by atoms with Gasteiger partial charge in [0.2, 0.25) is 5.91 Å². The van der Waals surface area contributed by atoms with Crippen molar-refractivity contribution in [3.8, 4) is 0 Å². The molecule has 3 unspecified atom stereocenters. The van der Waals surface area contributed by atoms with Crippen molar-refractivity contribution < 1.29 is 24.5 Å². The van der Waals surface area contributed by atoms with E-state index in [1.165, 1.54) is 70.6 Å². The van der Waals surface area contributed by atoms with Gasteiger partial charge in [-0.2, -0.15) is 0 Å². The van der Waals surface area contributed by atoms with Crippen LogP contribution in [-0.2, 0) is 14.3 Å². The Morgan fingerprint density at radius 3 is 1.38 bits per heavy atom. The van der Waals surface area contributed by atoms with E-state index in [0.29, 0.717) is 19.3 Å². The lowest BCUT2D eigenvalue weighted by Gasteiger charge is -2.24. The van der Waals surface area contributed by atoms with Gasteiger partial charge in [0.15, 0.2) is 0 Å². The molecule has 0 heterocycles. The van der Waals surface area contributed by atoms with Crippen LogP contribution in [0.2, 0.25) is 0 Å². The van der Waals surface area contributed by atoms with E-state index in [-0.39, 0.29) is 31.3 Å². The summed E-state index contributed by atoms with van der Waals surface area (Å²) < 4.78 is 5.84. The van der Waals surface area contributed by atoms with Gasteiger partial charge in [0, 0.05) is 6.42 Å². The number of amides is 1. The highest BCUT2D eigenvalue weighted by Gasteiger charge is 2.24. The minimum atomic E-state index is -0.798. The predicted octanol–water partition coefficient (Wildman–Crippen LogP) is 13.1. The van der Waals surface area contributed by atoms with Gasteiger partial charge in [0.1, 0.15) is 6.10 Å². The quantitative estimate of drug-likeness (QED) is 0.0329. The number of nitrogens with one attached hydrogen (secondary N) is 1. The lowest BCUT2D eigenvalue weighted by Crippen LogP contribution is -2.46. The third-order valence-corrected chi connectivity index (χ3v) is 9.81. The zero-order valence-electron chi connectivity index (χ0n) is 35.8. The minimum absolute atomic E-state index is 0.0450. The number of hydrogen-bond acceptors (Lipinski definition) is 5. The van der Waals surface area contributed by atoms with Crippen LogP contribution >= 0.6 is 0 Å². The normalized spacial score (nSPS) is 14.1. The number of allylic oxidation sites excluding steroid dienone is 12. The van der Waals surface area contributed by atoms with Crippen molar-refractivity contribution in [2.75, 3.05) is 6.61 Å². The molecule has 0 saturated carbocycles. The number of esters is 1. The number of carbonyl (C=O) groups is 2. The molecule has 0 aromatic heterocycles. The molecule has 316 valence electrons. The lowest BCUT2D eigenvalue weighted by atomic mass is 10.0. The van der Waals surface area contributed by atoms with E-state index in [0.717, 1.165) is 77.0 Å². The Balaban J connectivity index is 4.60. The maximum Gasteiger partial charge on any atom is 0.306 e. The second-order valence-electron chi connectivity index (χ2n) is 15.1. The average Bonchev–Trinajstić information content (AvgIpc) is 3.18. The number of aliphatic hydroxyl groups is 2. The fourth-order valence-corrected chi connectivity index (χ4v) is 6.40. The molecule has 3 N–H and O–H groups in total. The fraction of sp³-hybridized carbons (Fsp3) is 0.714. The summed E-state index contributed by atoms with van der Waals surface area (Å²) in [4.78, 5) is 25.9. The van der Waals surface area contributed by atoms with Crippen molar-refractivity contribution in [1.82, 2.24) is 5.32 Å². The van der Waals surface area contributed by atoms with Gasteiger partial charge in [-0.1, -0.05) is 196 Å². The van der Waals surface area contributed by atoms with Gasteiger partial charge in [0.25, 0.3) is 0 Å². The van der Waals surface area contributed by atoms with E-state index >= 15 is 0 Å². The highest BCUT2D eigenvalue weighted by molar-refractivity contribution is 5.77. The van der Waals surface area contributed by atoms with Gasteiger partial charge in [0.05, 0.1) is 25.2 Å². The Kier molecular flexibility index (Phi) is 40.4. The molecule has 1 amide bonds. The standard InChI is InChI=1S/C49H85NO5/c1-4-7-10-13-16-19-20-21-22-23-24-25-26-27-28-30-33-36-39-42-49(54)55-45(40-37-34-31-18-15-12-9-6-3)43-48(53)50-46(44-51)47(52)41-38-35-32-29-17-14-11-8-5-2/h7,10,16,19,21-22,24-25,27-28,33,36,45-47,51-52H,4-6,8-9,11-15,17-18,20,23,26,29-32,34-35,37-44H2,1-3H3,(H,50,53)/b10-7-,19-16-,22-21-,25-24-,28-27-,36-33-. The molecule has 0 aliphatic rings. The molecular weight excluding hydrogens is 683 g/mol. The van der Waals surface area contributed by atoms with Crippen molar-refractivity contribution >= 4 is 11.9 Å². The molecule has 0 aliphatic heterocycles. The molecule has 0 aromatic rings. The van der Waals surface area contributed by atoms with Gasteiger partial charge in [-0.15, -0.1) is 0 Å². The molecule has 6 nitrogen and oxygen atoms in total. The third kappa shape index (κ3) is 38.0. The second-order valence-corrected chi connectivity index (χ2v) is 15.1. The van der Waals surface area contributed by atoms with Crippen LogP contribution in [0.5, 0.6) is 0 Å². The van der Waals surface area contributed by atoms with Crippen molar-refractivity contribution in [1.29, 1.82) is 0 Å². The van der Waals surface area contributed by atoms with Crippen molar-refractivity contribution in [2.24, 2.45) is 0 Å². The summed E-state index contributed by atoms with van der Waals surface area (Å²) in [7, 11) is 0. The fourth-order valence-electron chi connectivity index (χ4n) is 6.40. The number of hydrogen-bond donors (Lipinski definition) is 3. The maximum absolute atomic E-state index is 13.1.